The van der Waals surface area contributed by atoms with Crippen LogP contribution >= 0.6 is 46.4 Å². The molecular formula is C15H16Cl4N2O3. The van der Waals surface area contributed by atoms with Crippen LogP contribution in [0.4, 0.5) is 0 Å². The first-order valence-electron chi connectivity index (χ1n) is 7.47. The first-order valence-corrected chi connectivity index (χ1v) is 8.99. The normalized spacial score (nSPS) is 20.5. The Labute approximate surface area is 159 Å². The van der Waals surface area contributed by atoms with Gasteiger partial charge in [0.1, 0.15) is 5.15 Å². The summed E-state index contributed by atoms with van der Waals surface area (Å²) in [7, 11) is 0. The second-order valence-electron chi connectivity index (χ2n) is 5.71. The number of amides is 1. The number of hydrogen-bond acceptors (Lipinski definition) is 4. The molecule has 2 rings (SSSR count). The Morgan fingerprint density at radius 2 is 1.79 bits per heavy atom. The molecule has 5 nitrogen and oxygen atoms in total. The van der Waals surface area contributed by atoms with Crippen molar-refractivity contribution in [3.8, 4) is 0 Å². The molecule has 1 amide bonds. The highest BCUT2D eigenvalue weighted by atomic mass is 35.5. The van der Waals surface area contributed by atoms with Gasteiger partial charge in [-0.2, -0.15) is 0 Å². The molecule has 9 heteroatoms. The van der Waals surface area contributed by atoms with E-state index in [1.54, 1.807) is 0 Å². The number of pyridine rings is 1. The summed E-state index contributed by atoms with van der Waals surface area (Å²) >= 11 is 23.3. The Morgan fingerprint density at radius 3 is 2.46 bits per heavy atom. The molecule has 1 N–H and O–H groups in total. The van der Waals surface area contributed by atoms with E-state index >= 15 is 0 Å². The molecule has 0 spiro atoms. The van der Waals surface area contributed by atoms with Crippen LogP contribution < -0.4 is 5.32 Å². The molecule has 132 valence electrons. The third-order valence-corrected chi connectivity index (χ3v) is 5.65. The summed E-state index contributed by atoms with van der Waals surface area (Å²) in [6.07, 6.45) is 4.25. The van der Waals surface area contributed by atoms with Gasteiger partial charge in [0.25, 0.3) is 5.91 Å². The zero-order chi connectivity index (χ0) is 17.9. The van der Waals surface area contributed by atoms with Crippen LogP contribution in [-0.4, -0.2) is 29.5 Å². The maximum Gasteiger partial charge on any atom is 0.359 e. The van der Waals surface area contributed by atoms with Crippen molar-refractivity contribution in [3.63, 3.8) is 0 Å². The maximum absolute atomic E-state index is 12.0. The summed E-state index contributed by atoms with van der Waals surface area (Å²) in [5, 5.41) is 2.40. The molecule has 1 saturated carbocycles. The molecule has 0 aromatic carbocycles. The van der Waals surface area contributed by atoms with E-state index in [9.17, 15) is 9.59 Å². The van der Waals surface area contributed by atoms with Crippen molar-refractivity contribution < 1.29 is 14.3 Å². The highest BCUT2D eigenvalue weighted by molar-refractivity contribution is 6.52. The maximum atomic E-state index is 12.0. The fourth-order valence-corrected chi connectivity index (χ4v) is 3.41. The largest absolute Gasteiger partial charge is 0.451 e. The third kappa shape index (κ3) is 4.66. The first-order chi connectivity index (χ1) is 11.3. The summed E-state index contributed by atoms with van der Waals surface area (Å²) < 4.78 is 4.94. The minimum absolute atomic E-state index is 0.0519. The highest BCUT2D eigenvalue weighted by Gasteiger charge is 2.25. The lowest BCUT2D eigenvalue weighted by atomic mass is 9.86. The predicted molar refractivity (Wildman–Crippen MR) is 94.1 cm³/mol. The van der Waals surface area contributed by atoms with Crippen LogP contribution in [0.5, 0.6) is 0 Å². The second-order valence-corrected chi connectivity index (χ2v) is 7.20. The average molecular weight is 414 g/mol. The van der Waals surface area contributed by atoms with Gasteiger partial charge in [-0.15, -0.1) is 0 Å². The van der Waals surface area contributed by atoms with Gasteiger partial charge in [0, 0.05) is 6.04 Å². The number of carbonyl (C=O) groups is 2. The van der Waals surface area contributed by atoms with Gasteiger partial charge in [0.15, 0.2) is 12.3 Å². The quantitative estimate of drug-likeness (QED) is 0.580. The Balaban J connectivity index is 1.94. The lowest BCUT2D eigenvalue weighted by molar-refractivity contribution is -0.125. The molecule has 1 aliphatic carbocycles. The molecule has 1 fully saturated rings. The Kier molecular flexibility index (Phi) is 6.99. The Bertz CT molecular complexity index is 654. The van der Waals surface area contributed by atoms with Gasteiger partial charge in [-0.25, -0.2) is 9.78 Å². The average Bonchev–Trinajstić information content (AvgIpc) is 2.56. The van der Waals surface area contributed by atoms with Crippen LogP contribution in [0.3, 0.4) is 0 Å². The minimum Gasteiger partial charge on any atom is -0.451 e. The topological polar surface area (TPSA) is 68.3 Å². The summed E-state index contributed by atoms with van der Waals surface area (Å²) in [4.78, 5) is 27.7. The number of halogens is 4. The lowest BCUT2D eigenvalue weighted by Crippen LogP contribution is -2.42. The van der Waals surface area contributed by atoms with Crippen molar-refractivity contribution in [1.82, 2.24) is 10.3 Å². The Morgan fingerprint density at radius 1 is 1.12 bits per heavy atom. The molecule has 1 aliphatic rings. The number of carbonyl (C=O) groups excluding carboxylic acids is 2. The molecule has 1 heterocycles. The van der Waals surface area contributed by atoms with Crippen LogP contribution in [0.25, 0.3) is 0 Å². The van der Waals surface area contributed by atoms with E-state index in [0.29, 0.717) is 5.92 Å². The number of nitrogens with one attached hydrogen (secondary N) is 1. The number of nitrogens with zero attached hydrogens (tertiary/aromatic N) is 1. The van der Waals surface area contributed by atoms with E-state index in [1.165, 1.54) is 6.42 Å². The van der Waals surface area contributed by atoms with Crippen molar-refractivity contribution >= 4 is 58.3 Å². The van der Waals surface area contributed by atoms with Crippen molar-refractivity contribution in [3.05, 3.63) is 25.9 Å². The summed E-state index contributed by atoms with van der Waals surface area (Å²) in [5.41, 5.74) is -0.282. The van der Waals surface area contributed by atoms with E-state index in [4.69, 9.17) is 51.1 Å². The molecular weight excluding hydrogens is 398 g/mol. The Hall–Kier alpha value is -0.750. The van der Waals surface area contributed by atoms with Crippen LogP contribution in [0.1, 0.15) is 43.1 Å². The number of hydrogen-bond donors (Lipinski definition) is 1. The van der Waals surface area contributed by atoms with Crippen molar-refractivity contribution in [2.75, 3.05) is 6.61 Å². The van der Waals surface area contributed by atoms with Crippen LogP contribution in [-0.2, 0) is 9.53 Å². The molecule has 24 heavy (non-hydrogen) atoms. The molecule has 0 unspecified atom stereocenters. The van der Waals surface area contributed by atoms with E-state index < -0.39 is 12.6 Å². The number of esters is 1. The van der Waals surface area contributed by atoms with Gasteiger partial charge < -0.3 is 10.1 Å². The zero-order valence-electron chi connectivity index (χ0n) is 12.9. The van der Waals surface area contributed by atoms with Crippen molar-refractivity contribution in [1.29, 1.82) is 0 Å². The summed E-state index contributed by atoms with van der Waals surface area (Å²) in [5.74, 6) is -0.861. The molecule has 0 bridgehead atoms. The first kappa shape index (κ1) is 19.6. The number of rotatable bonds is 4. The molecule has 1 aromatic heterocycles. The van der Waals surface area contributed by atoms with Gasteiger partial charge in [-0.05, 0) is 18.8 Å². The highest BCUT2D eigenvalue weighted by Crippen LogP contribution is 2.36. The summed E-state index contributed by atoms with van der Waals surface area (Å²) in [6.45, 7) is 1.66. The van der Waals surface area contributed by atoms with Gasteiger partial charge in [0.05, 0.1) is 15.1 Å². The molecule has 0 saturated heterocycles. The van der Waals surface area contributed by atoms with Gasteiger partial charge in [-0.1, -0.05) is 66.2 Å². The zero-order valence-corrected chi connectivity index (χ0v) is 15.9. The monoisotopic (exact) mass is 412 g/mol. The standard InChI is InChI=1S/C15H16Cl4N2O3/c1-7-4-2-3-5-8(7)20-9(22)6-24-15(23)13-11(17)10(16)12(18)14(19)21-13/h7-8H,2-6H2,1H3,(H,20,22)/t7-,8+/m1/s1. The van der Waals surface area contributed by atoms with Gasteiger partial charge in [0.2, 0.25) is 0 Å². The van der Waals surface area contributed by atoms with Crippen LogP contribution in [0.2, 0.25) is 20.2 Å². The van der Waals surface area contributed by atoms with E-state index in [2.05, 4.69) is 17.2 Å². The van der Waals surface area contributed by atoms with Crippen LogP contribution in [0, 0.1) is 5.92 Å². The SMILES string of the molecule is C[C@@H]1CCCC[C@@H]1NC(=O)COC(=O)c1nc(Cl)c(Cl)c(Cl)c1Cl. The van der Waals surface area contributed by atoms with Crippen molar-refractivity contribution in [2.45, 2.75) is 38.6 Å². The number of aromatic nitrogens is 1. The van der Waals surface area contributed by atoms with E-state index in [0.717, 1.165) is 19.3 Å². The number of ether oxygens (including phenoxy) is 1. The lowest BCUT2D eigenvalue weighted by Gasteiger charge is -2.29. The molecule has 0 aliphatic heterocycles. The fraction of sp³-hybridized carbons (Fsp3) is 0.533. The smallest absolute Gasteiger partial charge is 0.359 e. The predicted octanol–water partition coefficient (Wildman–Crippen LogP) is 4.55. The molecule has 0 radical (unpaired) electrons. The molecule has 2 atom stereocenters. The third-order valence-electron chi connectivity index (χ3n) is 3.97. The molecule has 1 aromatic rings. The van der Waals surface area contributed by atoms with E-state index in [1.807, 2.05) is 0 Å². The minimum atomic E-state index is -0.896. The van der Waals surface area contributed by atoms with Crippen LogP contribution in [0.15, 0.2) is 0 Å². The van der Waals surface area contributed by atoms with E-state index in [-0.39, 0.29) is 37.9 Å². The second kappa shape index (κ2) is 8.56. The van der Waals surface area contributed by atoms with Crippen molar-refractivity contribution in [2.24, 2.45) is 5.92 Å². The van der Waals surface area contributed by atoms with Gasteiger partial charge in [-0.3, -0.25) is 4.79 Å². The van der Waals surface area contributed by atoms with Gasteiger partial charge >= 0.3 is 5.97 Å². The fourth-order valence-electron chi connectivity index (χ4n) is 2.60. The summed E-state index contributed by atoms with van der Waals surface area (Å²) in [6, 6.07) is 0.103.